The Bertz CT molecular complexity index is 1740. The van der Waals surface area contributed by atoms with E-state index in [-0.39, 0.29) is 29.1 Å². The molecule has 2 aromatic carbocycles. The summed E-state index contributed by atoms with van der Waals surface area (Å²) in [5, 5.41) is 13.9. The molecule has 0 saturated carbocycles. The Morgan fingerprint density at radius 3 is 2.52 bits per heavy atom. The van der Waals surface area contributed by atoms with E-state index >= 15 is 0 Å². The number of sulfonamides is 1. The molecule has 0 bridgehead atoms. The molecule has 3 aliphatic rings. The van der Waals surface area contributed by atoms with E-state index in [0.29, 0.717) is 24.0 Å². The van der Waals surface area contributed by atoms with Crippen molar-refractivity contribution in [2.24, 2.45) is 0 Å². The van der Waals surface area contributed by atoms with Gasteiger partial charge in [-0.2, -0.15) is 13.2 Å². The van der Waals surface area contributed by atoms with Crippen molar-refractivity contribution in [1.29, 1.82) is 0 Å². The van der Waals surface area contributed by atoms with Gasteiger partial charge in [0.15, 0.2) is 6.04 Å². The number of halogens is 2. The van der Waals surface area contributed by atoms with Crippen LogP contribution in [0.3, 0.4) is 0 Å². The quantitative estimate of drug-likeness (QED) is 0.210. The minimum absolute atomic E-state index is 0.157. The van der Waals surface area contributed by atoms with Crippen LogP contribution in [0.1, 0.15) is 42.9 Å². The number of hydrogen-bond acceptors (Lipinski definition) is 8. The number of piperidine rings is 1. The molecule has 5 atom stereocenters. The lowest BCUT2D eigenvalue weighted by Gasteiger charge is -2.55. The van der Waals surface area contributed by atoms with E-state index in [2.05, 4.69) is 15.2 Å². The fourth-order valence-electron chi connectivity index (χ4n) is 7.37. The number of nitrogens with one attached hydrogen (secondary N) is 1. The molecular formula is C32H36ClFN5O6S+. The zero-order chi connectivity index (χ0) is 32.8. The minimum Gasteiger partial charge on any atom is -0.478 e. The number of likely N-dealkylation sites (tertiary alicyclic amines) is 1. The Hall–Kier alpha value is -3.62. The highest BCUT2D eigenvalue weighted by Crippen LogP contribution is 2.54. The number of rotatable bonds is 7. The van der Waals surface area contributed by atoms with Gasteiger partial charge in [0.05, 0.1) is 12.6 Å². The van der Waals surface area contributed by atoms with Crippen LogP contribution in [-0.4, -0.2) is 95.1 Å². The molecule has 0 radical (unpaired) electrons. The second-order valence-corrected chi connectivity index (χ2v) is 14.5. The van der Waals surface area contributed by atoms with Crippen molar-refractivity contribution in [3.05, 3.63) is 83.8 Å². The number of carbonyl (C=O) groups is 2. The second-order valence-electron chi connectivity index (χ2n) is 11.9. The van der Waals surface area contributed by atoms with Crippen molar-refractivity contribution in [3.63, 3.8) is 0 Å². The van der Waals surface area contributed by atoms with Crippen LogP contribution in [0.5, 0.6) is 5.88 Å². The van der Waals surface area contributed by atoms with E-state index in [1.165, 1.54) is 42.6 Å². The van der Waals surface area contributed by atoms with E-state index in [9.17, 15) is 27.5 Å². The summed E-state index contributed by atoms with van der Waals surface area (Å²) in [6.45, 7) is 2.92. The third-order valence-electron chi connectivity index (χ3n) is 9.41. The number of ether oxygens (including phenoxy) is 1. The Balaban J connectivity index is 1.69. The van der Waals surface area contributed by atoms with Gasteiger partial charge in [0, 0.05) is 23.5 Å². The molecule has 2 amide bonds. The maximum atomic E-state index is 14.9. The van der Waals surface area contributed by atoms with Crippen molar-refractivity contribution in [3.8, 4) is 5.88 Å². The topological polar surface area (TPSA) is 129 Å². The fourth-order valence-corrected chi connectivity index (χ4v) is 9.93. The van der Waals surface area contributed by atoms with Crippen LogP contribution in [0.2, 0.25) is 0 Å². The van der Waals surface area contributed by atoms with Crippen LogP contribution >= 0.6 is 11.6 Å². The van der Waals surface area contributed by atoms with Crippen molar-refractivity contribution >= 4 is 39.3 Å². The number of hydrogen-bond donors (Lipinski definition) is 2. The van der Waals surface area contributed by atoms with Gasteiger partial charge in [-0.25, -0.2) is 9.37 Å². The summed E-state index contributed by atoms with van der Waals surface area (Å²) in [6.07, 6.45) is 1.19. The van der Waals surface area contributed by atoms with Gasteiger partial charge in [-0.3, -0.25) is 9.69 Å². The maximum Gasteiger partial charge on any atom is 0.529 e. The number of piperazine rings is 1. The van der Waals surface area contributed by atoms with Crippen LogP contribution in [0.4, 0.5) is 14.9 Å². The van der Waals surface area contributed by atoms with Gasteiger partial charge >= 0.3 is 16.1 Å². The van der Waals surface area contributed by atoms with Gasteiger partial charge in [0.2, 0.25) is 11.8 Å². The number of pyridine rings is 1. The van der Waals surface area contributed by atoms with Crippen molar-refractivity contribution in [1.82, 2.24) is 14.8 Å². The van der Waals surface area contributed by atoms with E-state index in [0.717, 1.165) is 19.2 Å². The van der Waals surface area contributed by atoms with E-state index in [1.54, 1.807) is 25.1 Å². The molecule has 2 fully saturated rings. The van der Waals surface area contributed by atoms with Crippen LogP contribution in [0, 0.1) is 5.82 Å². The summed E-state index contributed by atoms with van der Waals surface area (Å²) in [4.78, 5) is 36.3. The number of carboxylic acid groups (broad SMARTS) is 1. The first-order valence-corrected chi connectivity index (χ1v) is 17.1. The molecule has 0 aliphatic carbocycles. The highest BCUT2D eigenvalue weighted by atomic mass is 35.5. The molecule has 244 valence electrons. The molecule has 1 aromatic heterocycles. The van der Waals surface area contributed by atoms with Crippen LogP contribution < -0.4 is 10.1 Å². The molecule has 3 aliphatic heterocycles. The first-order chi connectivity index (χ1) is 22.0. The van der Waals surface area contributed by atoms with Crippen LogP contribution in [0.15, 0.2) is 71.8 Å². The predicted molar refractivity (Wildman–Crippen MR) is 168 cm³/mol. The molecule has 5 unspecified atom stereocenters. The normalized spacial score (nSPS) is 27.6. The standard InChI is InChI=1S/C32H35ClFN5O6S/c1-3-45-31-24(10-7-15-35-31)28-29(27-23-12-11-20(34)18-25(23)36-30(27)40)39(32(41)42,46(43,44)22-8-5-4-6-9-22)19-26(33)38(28)21-13-16-37(2)17-14-21/h4-12,15,18,21,26-29H,3,13-14,16-17,19H2,1-2H3,(H-,36,40,41,42)/p+1. The number of anilines is 1. The van der Waals surface area contributed by atoms with Gasteiger partial charge in [0.25, 0.3) is 0 Å². The highest BCUT2D eigenvalue weighted by Gasteiger charge is 2.69. The highest BCUT2D eigenvalue weighted by molar-refractivity contribution is 7.86. The number of quaternary nitrogens is 1. The largest absolute Gasteiger partial charge is 0.529 e. The molecular weight excluding hydrogens is 637 g/mol. The molecule has 4 heterocycles. The lowest BCUT2D eigenvalue weighted by atomic mass is 9.80. The van der Waals surface area contributed by atoms with Gasteiger partial charge in [-0.15, -0.1) is 3.89 Å². The molecule has 2 N–H and O–H groups in total. The number of fused-ring (bicyclic) bond motifs is 1. The number of alkyl halides is 1. The summed E-state index contributed by atoms with van der Waals surface area (Å²) in [6, 6.07) is 11.7. The molecule has 0 spiro atoms. The van der Waals surface area contributed by atoms with Gasteiger partial charge in [-0.1, -0.05) is 41.9 Å². The summed E-state index contributed by atoms with van der Waals surface area (Å²) in [5.74, 6) is -2.39. The SMILES string of the molecule is CCOc1ncccc1C1C(C2C(=O)Nc3cc(F)ccc32)[N+](C(=O)O)(S(=O)(=O)c2ccccc2)CC(Cl)N1C1CCN(C)CC1. The lowest BCUT2D eigenvalue weighted by Crippen LogP contribution is -2.75. The average molecular weight is 673 g/mol. The first kappa shape index (κ1) is 32.3. The van der Waals surface area contributed by atoms with E-state index in [4.69, 9.17) is 16.3 Å². The summed E-state index contributed by atoms with van der Waals surface area (Å²) < 4.78 is 48.6. The number of amides is 2. The second kappa shape index (κ2) is 12.5. The zero-order valence-corrected chi connectivity index (χ0v) is 27.0. The summed E-state index contributed by atoms with van der Waals surface area (Å²) in [5.41, 5.74) is -0.221. The Morgan fingerprint density at radius 2 is 1.85 bits per heavy atom. The molecule has 46 heavy (non-hydrogen) atoms. The monoisotopic (exact) mass is 672 g/mol. The number of benzene rings is 2. The molecule has 6 rings (SSSR count). The predicted octanol–water partition coefficient (Wildman–Crippen LogP) is 4.62. The van der Waals surface area contributed by atoms with Gasteiger partial charge in [-0.05, 0) is 75.8 Å². The van der Waals surface area contributed by atoms with Gasteiger partial charge in [0.1, 0.15) is 28.7 Å². The molecule has 2 saturated heterocycles. The first-order valence-electron chi connectivity index (χ1n) is 15.2. The zero-order valence-electron chi connectivity index (χ0n) is 25.4. The molecule has 11 nitrogen and oxygen atoms in total. The minimum atomic E-state index is -4.80. The van der Waals surface area contributed by atoms with E-state index < -0.39 is 61.8 Å². The number of aromatic nitrogens is 1. The van der Waals surface area contributed by atoms with Gasteiger partial charge < -0.3 is 20.1 Å². The van der Waals surface area contributed by atoms with Crippen molar-refractivity contribution in [2.75, 3.05) is 38.6 Å². The third-order valence-corrected chi connectivity index (χ3v) is 12.0. The Morgan fingerprint density at radius 1 is 1.13 bits per heavy atom. The maximum absolute atomic E-state index is 14.9. The smallest absolute Gasteiger partial charge is 0.478 e. The third kappa shape index (κ3) is 5.23. The summed E-state index contributed by atoms with van der Waals surface area (Å²) in [7, 11) is -2.79. The Labute approximate surface area is 272 Å². The van der Waals surface area contributed by atoms with E-state index in [1.807, 2.05) is 11.9 Å². The fraction of sp³-hybridized carbons (Fsp3) is 0.406. The van der Waals surface area contributed by atoms with Crippen molar-refractivity contribution in [2.45, 2.75) is 54.2 Å². The van der Waals surface area contributed by atoms with Crippen LogP contribution in [-0.2, 0) is 14.8 Å². The molecule has 3 aromatic rings. The average Bonchev–Trinajstić information content (AvgIpc) is 3.35. The lowest BCUT2D eigenvalue weighted by molar-refractivity contribution is -0.777. The molecule has 14 heteroatoms. The number of nitrogens with zero attached hydrogens (tertiary/aromatic N) is 4. The van der Waals surface area contributed by atoms with Crippen LogP contribution in [0.25, 0.3) is 0 Å². The van der Waals surface area contributed by atoms with Crippen molar-refractivity contribution < 1.29 is 36.1 Å². The summed E-state index contributed by atoms with van der Waals surface area (Å²) >= 11 is 7.24. The Kier molecular flexibility index (Phi) is 8.81. The number of carbonyl (C=O) groups excluding carboxylic acids is 1.